The van der Waals surface area contributed by atoms with Crippen LogP contribution in [0.15, 0.2) is 17.0 Å². The molecule has 1 aromatic carbocycles. The molecule has 0 aromatic heterocycles. The Morgan fingerprint density at radius 3 is 2.55 bits per heavy atom. The van der Waals surface area contributed by atoms with Crippen LogP contribution >= 0.6 is 24.0 Å². The zero-order valence-corrected chi connectivity index (χ0v) is 13.9. The normalized spacial score (nSPS) is 12.8. The van der Waals surface area contributed by atoms with Crippen molar-refractivity contribution in [3.05, 3.63) is 28.5 Å². The lowest BCUT2D eigenvalue weighted by molar-refractivity contribution is 0.536. The fourth-order valence-electron chi connectivity index (χ4n) is 1.57. The highest BCUT2D eigenvalue weighted by Gasteiger charge is 2.20. The van der Waals surface area contributed by atoms with Gasteiger partial charge in [-0.3, -0.25) is 0 Å². The Morgan fingerprint density at radius 2 is 2.00 bits per heavy atom. The van der Waals surface area contributed by atoms with Crippen LogP contribution in [0.25, 0.3) is 0 Å². The molecule has 1 atom stereocenters. The molecule has 0 saturated carbocycles. The number of likely N-dealkylation sites (N-methyl/N-ethyl adjacent to an activating group) is 1. The van der Waals surface area contributed by atoms with E-state index in [2.05, 4.69) is 10.0 Å². The predicted octanol–water partition coefficient (Wildman–Crippen LogP) is 2.49. The average molecular weight is 345 g/mol. The number of aryl methyl sites for hydroxylation is 1. The first kappa shape index (κ1) is 19.6. The van der Waals surface area contributed by atoms with Crippen molar-refractivity contribution >= 4 is 34.0 Å². The lowest BCUT2D eigenvalue weighted by Crippen LogP contribution is -2.38. The maximum absolute atomic E-state index is 13.3. The minimum atomic E-state index is -3.73. The van der Waals surface area contributed by atoms with Crippen molar-refractivity contribution in [1.29, 1.82) is 0 Å². The largest absolute Gasteiger partial charge is 0.313 e. The third-order valence-electron chi connectivity index (χ3n) is 2.63. The minimum absolute atomic E-state index is 0. The molecule has 116 valence electrons. The van der Waals surface area contributed by atoms with Crippen LogP contribution in [0.5, 0.6) is 0 Å². The monoisotopic (exact) mass is 344 g/mol. The van der Waals surface area contributed by atoms with Crippen LogP contribution in [0.3, 0.4) is 0 Å². The van der Waals surface area contributed by atoms with Gasteiger partial charge in [0.25, 0.3) is 0 Å². The first-order chi connectivity index (χ1) is 8.77. The molecule has 8 heteroatoms. The SMILES string of the molecule is CCN[C@H](C)CNS(=O)(=O)c1cc(C)c(F)cc1Cl.Cl. The Kier molecular flexibility index (Phi) is 7.98. The first-order valence-corrected chi connectivity index (χ1v) is 7.82. The summed E-state index contributed by atoms with van der Waals surface area (Å²) in [4.78, 5) is -0.100. The van der Waals surface area contributed by atoms with Gasteiger partial charge < -0.3 is 5.32 Å². The molecule has 0 heterocycles. The van der Waals surface area contributed by atoms with Gasteiger partial charge in [-0.15, -0.1) is 12.4 Å². The van der Waals surface area contributed by atoms with Crippen LogP contribution in [0.2, 0.25) is 5.02 Å². The summed E-state index contributed by atoms with van der Waals surface area (Å²) >= 11 is 5.79. The topological polar surface area (TPSA) is 58.2 Å². The summed E-state index contributed by atoms with van der Waals surface area (Å²) in [5.74, 6) is -0.523. The van der Waals surface area contributed by atoms with Crippen molar-refractivity contribution < 1.29 is 12.8 Å². The van der Waals surface area contributed by atoms with Gasteiger partial charge in [0, 0.05) is 12.6 Å². The maximum Gasteiger partial charge on any atom is 0.242 e. The fourth-order valence-corrected chi connectivity index (χ4v) is 3.30. The van der Waals surface area contributed by atoms with E-state index in [0.717, 1.165) is 12.6 Å². The summed E-state index contributed by atoms with van der Waals surface area (Å²) in [5, 5.41) is 2.97. The zero-order valence-electron chi connectivity index (χ0n) is 11.5. The average Bonchev–Trinajstić information content (AvgIpc) is 2.31. The summed E-state index contributed by atoms with van der Waals surface area (Å²) in [6, 6.07) is 2.25. The van der Waals surface area contributed by atoms with Crippen molar-refractivity contribution in [2.75, 3.05) is 13.1 Å². The number of rotatable bonds is 6. The summed E-state index contributed by atoms with van der Waals surface area (Å²) < 4.78 is 39.9. The lowest BCUT2D eigenvalue weighted by atomic mass is 10.2. The van der Waals surface area contributed by atoms with E-state index in [9.17, 15) is 12.8 Å². The summed E-state index contributed by atoms with van der Waals surface area (Å²) in [7, 11) is -3.73. The van der Waals surface area contributed by atoms with Gasteiger partial charge in [-0.1, -0.05) is 18.5 Å². The fraction of sp³-hybridized carbons (Fsp3) is 0.500. The smallest absolute Gasteiger partial charge is 0.242 e. The molecule has 20 heavy (non-hydrogen) atoms. The number of halogens is 3. The number of hydrogen-bond acceptors (Lipinski definition) is 3. The van der Waals surface area contributed by atoms with Gasteiger partial charge in [0.05, 0.1) is 5.02 Å². The summed E-state index contributed by atoms with van der Waals surface area (Å²) in [6.07, 6.45) is 0. The Bertz CT molecular complexity index is 553. The number of hydrogen-bond donors (Lipinski definition) is 2. The highest BCUT2D eigenvalue weighted by Crippen LogP contribution is 2.24. The van der Waals surface area contributed by atoms with E-state index < -0.39 is 15.8 Å². The second-order valence-corrected chi connectivity index (χ2v) is 6.49. The van der Waals surface area contributed by atoms with E-state index >= 15 is 0 Å². The van der Waals surface area contributed by atoms with Gasteiger partial charge in [0.2, 0.25) is 10.0 Å². The third kappa shape index (κ3) is 5.18. The van der Waals surface area contributed by atoms with E-state index in [1.54, 1.807) is 0 Å². The van der Waals surface area contributed by atoms with Crippen LogP contribution in [-0.2, 0) is 10.0 Å². The van der Waals surface area contributed by atoms with Gasteiger partial charge in [-0.05, 0) is 38.1 Å². The van der Waals surface area contributed by atoms with Crippen molar-refractivity contribution in [3.8, 4) is 0 Å². The Hall–Kier alpha value is -0.400. The molecule has 0 amide bonds. The van der Waals surface area contributed by atoms with Crippen LogP contribution < -0.4 is 10.0 Å². The van der Waals surface area contributed by atoms with Crippen LogP contribution in [-0.4, -0.2) is 27.5 Å². The van der Waals surface area contributed by atoms with Crippen molar-refractivity contribution in [3.63, 3.8) is 0 Å². The molecule has 0 bridgehead atoms. The molecular formula is C12H19Cl2FN2O2S. The van der Waals surface area contributed by atoms with Crippen molar-refractivity contribution in [2.45, 2.75) is 31.7 Å². The van der Waals surface area contributed by atoms with Gasteiger partial charge in [0.1, 0.15) is 10.7 Å². The van der Waals surface area contributed by atoms with Crippen LogP contribution in [0, 0.1) is 12.7 Å². The number of sulfonamides is 1. The summed E-state index contributed by atoms with van der Waals surface area (Å²) in [5.41, 5.74) is 0.240. The second kappa shape index (κ2) is 8.14. The van der Waals surface area contributed by atoms with Gasteiger partial charge in [0.15, 0.2) is 0 Å². The van der Waals surface area contributed by atoms with E-state index in [0.29, 0.717) is 0 Å². The molecule has 4 nitrogen and oxygen atoms in total. The van der Waals surface area contributed by atoms with Gasteiger partial charge >= 0.3 is 0 Å². The van der Waals surface area contributed by atoms with Crippen LogP contribution in [0.1, 0.15) is 19.4 Å². The number of nitrogens with one attached hydrogen (secondary N) is 2. The second-order valence-electron chi connectivity index (χ2n) is 4.34. The molecule has 0 radical (unpaired) electrons. The van der Waals surface area contributed by atoms with E-state index in [1.165, 1.54) is 13.0 Å². The Balaban J connectivity index is 0.00000361. The van der Waals surface area contributed by atoms with E-state index in [1.807, 2.05) is 13.8 Å². The standard InChI is InChI=1S/C12H18ClFN2O2S.ClH/c1-4-15-9(3)7-16-19(17,18)12-5-8(2)11(14)6-10(12)13;/h5-6,9,15-16H,4,7H2,1-3H3;1H/t9-;/m1./s1. The van der Waals surface area contributed by atoms with E-state index in [-0.39, 0.29) is 40.5 Å². The molecule has 0 saturated heterocycles. The third-order valence-corrected chi connectivity index (χ3v) is 4.52. The lowest BCUT2D eigenvalue weighted by Gasteiger charge is -2.14. The van der Waals surface area contributed by atoms with Crippen molar-refractivity contribution in [1.82, 2.24) is 10.0 Å². The number of benzene rings is 1. The van der Waals surface area contributed by atoms with E-state index in [4.69, 9.17) is 11.6 Å². The maximum atomic E-state index is 13.3. The highest BCUT2D eigenvalue weighted by atomic mass is 35.5. The molecule has 1 aromatic rings. The van der Waals surface area contributed by atoms with Crippen LogP contribution in [0.4, 0.5) is 4.39 Å². The molecule has 0 aliphatic carbocycles. The highest BCUT2D eigenvalue weighted by molar-refractivity contribution is 7.89. The molecule has 2 N–H and O–H groups in total. The predicted molar refractivity (Wildman–Crippen MR) is 81.7 cm³/mol. The summed E-state index contributed by atoms with van der Waals surface area (Å²) in [6.45, 7) is 6.28. The minimum Gasteiger partial charge on any atom is -0.313 e. The Labute approximate surface area is 130 Å². The Morgan fingerprint density at radius 1 is 1.40 bits per heavy atom. The molecule has 0 aliphatic heterocycles. The quantitative estimate of drug-likeness (QED) is 0.833. The van der Waals surface area contributed by atoms with Gasteiger partial charge in [-0.25, -0.2) is 17.5 Å². The van der Waals surface area contributed by atoms with Crippen molar-refractivity contribution in [2.24, 2.45) is 0 Å². The molecular weight excluding hydrogens is 326 g/mol. The first-order valence-electron chi connectivity index (χ1n) is 5.96. The zero-order chi connectivity index (χ0) is 14.6. The molecule has 1 rings (SSSR count). The molecule has 0 spiro atoms. The van der Waals surface area contributed by atoms with Gasteiger partial charge in [-0.2, -0.15) is 0 Å². The molecule has 0 aliphatic rings. The molecule has 0 fully saturated rings. The molecule has 0 unspecified atom stereocenters.